The van der Waals surface area contributed by atoms with Gasteiger partial charge in [-0.05, 0) is 80.6 Å². The number of anilines is 1. The highest BCUT2D eigenvalue weighted by molar-refractivity contribution is 7.11. The fourth-order valence-corrected chi connectivity index (χ4v) is 6.06. The lowest BCUT2D eigenvalue weighted by atomic mass is 9.83. The Morgan fingerprint density at radius 1 is 1.14 bits per heavy atom. The third kappa shape index (κ3) is 4.40. The summed E-state index contributed by atoms with van der Waals surface area (Å²) in [6, 6.07) is 9.85. The van der Waals surface area contributed by atoms with E-state index in [-0.39, 0.29) is 11.3 Å². The summed E-state index contributed by atoms with van der Waals surface area (Å²) in [6.45, 7) is 10.5. The Labute approximate surface area is 217 Å². The molecule has 5 nitrogen and oxygen atoms in total. The Morgan fingerprint density at radius 3 is 2.75 bits per heavy atom. The number of ether oxygens (including phenoxy) is 2. The van der Waals surface area contributed by atoms with Crippen LogP contribution in [0.3, 0.4) is 0 Å². The average molecular weight is 503 g/mol. The maximum absolute atomic E-state index is 10.6. The molecule has 0 bridgehead atoms. The van der Waals surface area contributed by atoms with Crippen LogP contribution in [0.1, 0.15) is 62.1 Å². The van der Waals surface area contributed by atoms with Crippen molar-refractivity contribution in [2.45, 2.75) is 52.6 Å². The molecule has 0 saturated carbocycles. The number of hydrogen-bond donors (Lipinski definition) is 3. The van der Waals surface area contributed by atoms with Gasteiger partial charge < -0.3 is 25.2 Å². The largest absolute Gasteiger partial charge is 0.504 e. The van der Waals surface area contributed by atoms with Crippen LogP contribution in [0, 0.1) is 0 Å². The summed E-state index contributed by atoms with van der Waals surface area (Å²) in [5.41, 5.74) is 7.27. The fourth-order valence-electron chi connectivity index (χ4n) is 5.21. The van der Waals surface area contributed by atoms with Crippen molar-refractivity contribution in [3.63, 3.8) is 0 Å². The molecule has 0 amide bonds. The summed E-state index contributed by atoms with van der Waals surface area (Å²) in [6.07, 6.45) is 6.77. The average Bonchev–Trinajstić information content (AvgIpc) is 3.27. The van der Waals surface area contributed by atoms with E-state index in [0.717, 1.165) is 46.8 Å². The molecular weight excluding hydrogens is 468 g/mol. The number of benzene rings is 2. The molecule has 0 saturated heterocycles. The maximum atomic E-state index is 10.6. The van der Waals surface area contributed by atoms with Gasteiger partial charge in [-0.3, -0.25) is 0 Å². The molecule has 0 radical (unpaired) electrons. The molecule has 36 heavy (non-hydrogen) atoms. The van der Waals surface area contributed by atoms with E-state index in [2.05, 4.69) is 74.1 Å². The van der Waals surface area contributed by atoms with Crippen molar-refractivity contribution in [1.82, 2.24) is 5.32 Å². The van der Waals surface area contributed by atoms with Gasteiger partial charge in [-0.1, -0.05) is 25.5 Å². The first-order chi connectivity index (χ1) is 17.3. The van der Waals surface area contributed by atoms with Gasteiger partial charge in [0.2, 0.25) is 0 Å². The number of hydrogen-bond acceptors (Lipinski definition) is 6. The molecule has 3 N–H and O–H groups in total. The normalized spacial score (nSPS) is 16.4. The molecule has 3 aromatic rings. The van der Waals surface area contributed by atoms with E-state index in [0.29, 0.717) is 11.5 Å². The first-order valence-electron chi connectivity index (χ1n) is 12.5. The zero-order chi connectivity index (χ0) is 25.4. The number of thiophene rings is 1. The van der Waals surface area contributed by atoms with Crippen LogP contribution in [0.15, 0.2) is 41.8 Å². The van der Waals surface area contributed by atoms with E-state index in [1.165, 1.54) is 28.9 Å². The molecule has 2 aliphatic rings. The molecule has 0 spiro atoms. The van der Waals surface area contributed by atoms with Crippen LogP contribution in [0.5, 0.6) is 17.2 Å². The van der Waals surface area contributed by atoms with Gasteiger partial charge in [-0.15, -0.1) is 11.3 Å². The summed E-state index contributed by atoms with van der Waals surface area (Å²) in [4.78, 5) is 1.18. The number of methoxy groups -OCH3 is 1. The van der Waals surface area contributed by atoms with Gasteiger partial charge in [-0.2, -0.15) is 0 Å². The quantitative estimate of drug-likeness (QED) is 0.292. The second kappa shape index (κ2) is 9.68. The van der Waals surface area contributed by atoms with Gasteiger partial charge in [0.1, 0.15) is 11.5 Å². The number of phenols is 1. The Morgan fingerprint density at radius 2 is 1.97 bits per heavy atom. The molecule has 2 aromatic carbocycles. The monoisotopic (exact) mass is 502 g/mol. The van der Waals surface area contributed by atoms with Crippen LogP contribution in [0.4, 0.5) is 5.69 Å². The van der Waals surface area contributed by atoms with Gasteiger partial charge in [0.15, 0.2) is 11.5 Å². The minimum atomic E-state index is -0.149. The Bertz CT molecular complexity index is 1370. The Kier molecular flexibility index (Phi) is 6.58. The second-order valence-electron chi connectivity index (χ2n) is 10.0. The molecule has 188 valence electrons. The Hall–Kier alpha value is -3.22. The maximum Gasteiger partial charge on any atom is 0.172 e. The fraction of sp³-hybridized carbons (Fsp3) is 0.333. The van der Waals surface area contributed by atoms with Crippen molar-refractivity contribution >= 4 is 34.4 Å². The van der Waals surface area contributed by atoms with Crippen molar-refractivity contribution < 1.29 is 14.6 Å². The number of aromatic hydroxyl groups is 1. The van der Waals surface area contributed by atoms with E-state index in [9.17, 15) is 5.11 Å². The molecule has 2 aliphatic heterocycles. The van der Waals surface area contributed by atoms with Crippen molar-refractivity contribution in [2.24, 2.45) is 0 Å². The molecule has 0 atom stereocenters. The number of unbranched alkanes of at least 4 members (excludes halogenated alkanes) is 1. The summed E-state index contributed by atoms with van der Waals surface area (Å²) >= 11 is 1.72. The number of nitrogens with one attached hydrogen (secondary N) is 2. The van der Waals surface area contributed by atoms with E-state index >= 15 is 0 Å². The van der Waals surface area contributed by atoms with Crippen LogP contribution in [0.2, 0.25) is 0 Å². The number of rotatable bonds is 7. The summed E-state index contributed by atoms with van der Waals surface area (Å²) in [5.74, 6) is 2.00. The molecule has 0 fully saturated rings. The summed E-state index contributed by atoms with van der Waals surface area (Å²) in [7, 11) is 1.58. The smallest absolute Gasteiger partial charge is 0.172 e. The van der Waals surface area contributed by atoms with Gasteiger partial charge in [0, 0.05) is 33.8 Å². The topological polar surface area (TPSA) is 62.8 Å². The van der Waals surface area contributed by atoms with Crippen molar-refractivity contribution in [3.8, 4) is 28.4 Å². The third-order valence-electron chi connectivity index (χ3n) is 6.74. The molecule has 1 aromatic heterocycles. The molecule has 0 aliphatic carbocycles. The molecule has 6 heteroatoms. The molecular formula is C30H34N2O3S. The number of allylic oxidation sites excluding steroid dienone is 1. The lowest BCUT2D eigenvalue weighted by Crippen LogP contribution is -2.32. The van der Waals surface area contributed by atoms with Crippen molar-refractivity contribution in [3.05, 3.63) is 63.4 Å². The summed E-state index contributed by atoms with van der Waals surface area (Å²) < 4.78 is 12.2. The van der Waals surface area contributed by atoms with Gasteiger partial charge in [0.05, 0.1) is 18.2 Å². The van der Waals surface area contributed by atoms with Gasteiger partial charge in [0.25, 0.3) is 0 Å². The van der Waals surface area contributed by atoms with Crippen molar-refractivity contribution in [1.29, 1.82) is 0 Å². The lowest BCUT2D eigenvalue weighted by Gasteiger charge is -2.35. The highest BCUT2D eigenvalue weighted by Crippen LogP contribution is 2.54. The second-order valence-corrected chi connectivity index (χ2v) is 11.0. The van der Waals surface area contributed by atoms with E-state index < -0.39 is 0 Å². The number of fused-ring (bicyclic) bond motifs is 5. The van der Waals surface area contributed by atoms with Gasteiger partial charge in [-0.25, -0.2) is 0 Å². The SMILES string of the molecule is CCCCNCc1ccsc1C=C1Oc2ccc(O)c(OC)c2-c2ccc3c(c21)C(C)=CC(C)(C)N3. The highest BCUT2D eigenvalue weighted by Gasteiger charge is 2.33. The van der Waals surface area contributed by atoms with Crippen LogP contribution in [0.25, 0.3) is 28.5 Å². The van der Waals surface area contributed by atoms with E-state index in [1.54, 1.807) is 24.5 Å². The highest BCUT2D eigenvalue weighted by atomic mass is 32.1. The first kappa shape index (κ1) is 24.5. The minimum absolute atomic E-state index is 0.0983. The van der Waals surface area contributed by atoms with Crippen LogP contribution < -0.4 is 20.1 Å². The van der Waals surface area contributed by atoms with Gasteiger partial charge >= 0.3 is 0 Å². The molecule has 5 rings (SSSR count). The zero-order valence-corrected chi connectivity index (χ0v) is 22.4. The molecule has 0 unspecified atom stereocenters. The lowest BCUT2D eigenvalue weighted by molar-refractivity contribution is 0.371. The predicted molar refractivity (Wildman–Crippen MR) is 151 cm³/mol. The first-order valence-corrected chi connectivity index (χ1v) is 13.4. The van der Waals surface area contributed by atoms with Crippen LogP contribution >= 0.6 is 11.3 Å². The predicted octanol–water partition coefficient (Wildman–Crippen LogP) is 7.52. The zero-order valence-electron chi connectivity index (χ0n) is 21.6. The van der Waals surface area contributed by atoms with Crippen molar-refractivity contribution in [2.75, 3.05) is 19.0 Å². The van der Waals surface area contributed by atoms with E-state index in [4.69, 9.17) is 9.47 Å². The minimum Gasteiger partial charge on any atom is -0.504 e. The van der Waals surface area contributed by atoms with E-state index in [1.807, 2.05) is 6.07 Å². The standard InChI is InChI=1S/C30H34N2O3S/c1-6-7-13-31-17-19-12-14-36-25(19)15-24-27-20(28-23(35-24)11-10-22(33)29(28)34-5)8-9-21-26(27)18(2)16-30(3,4)32-21/h8-12,14-16,31-33H,6-7,13,17H2,1-5H3. The summed E-state index contributed by atoms with van der Waals surface area (Å²) in [5, 5.41) is 19.9. The molecule has 3 heterocycles. The van der Waals surface area contributed by atoms with Crippen LogP contribution in [-0.4, -0.2) is 24.3 Å². The van der Waals surface area contributed by atoms with Crippen LogP contribution in [-0.2, 0) is 6.54 Å². The Balaban J connectivity index is 1.69. The number of phenolic OH excluding ortho intramolecular Hbond substituents is 1. The third-order valence-corrected chi connectivity index (χ3v) is 7.64.